The number of carbonyl (C=O) groups is 1. The molecule has 1 aromatic heterocycles. The van der Waals surface area contributed by atoms with Gasteiger partial charge in [-0.1, -0.05) is 60.7 Å². The predicted molar refractivity (Wildman–Crippen MR) is 143 cm³/mol. The fraction of sp³-hybridized carbons (Fsp3) is 0.240. The Morgan fingerprint density at radius 3 is 2.46 bits per heavy atom. The third kappa shape index (κ3) is 4.71. The molecule has 0 radical (unpaired) electrons. The number of amides is 1. The van der Waals surface area contributed by atoms with Crippen molar-refractivity contribution in [3.63, 3.8) is 0 Å². The van der Waals surface area contributed by atoms with Gasteiger partial charge in [-0.15, -0.1) is 0 Å². The molecule has 2 aromatic carbocycles. The van der Waals surface area contributed by atoms with Crippen molar-refractivity contribution in [3.05, 3.63) is 71.3 Å². The summed E-state index contributed by atoms with van der Waals surface area (Å²) in [7, 11) is -1.94. The van der Waals surface area contributed by atoms with Crippen molar-refractivity contribution < 1.29 is 13.2 Å². The number of carbonyl (C=O) groups excluding carboxylic acids is 1. The molecular formula is C25H24N4O3S3. The summed E-state index contributed by atoms with van der Waals surface area (Å²) in [5.74, 6) is -0.167. The topological polar surface area (TPSA) is 75.5 Å². The van der Waals surface area contributed by atoms with Crippen molar-refractivity contribution in [2.45, 2.75) is 24.2 Å². The van der Waals surface area contributed by atoms with Crippen LogP contribution in [0.4, 0.5) is 0 Å². The van der Waals surface area contributed by atoms with Gasteiger partial charge in [-0.05, 0) is 43.2 Å². The highest BCUT2D eigenvalue weighted by Gasteiger charge is 2.30. The highest BCUT2D eigenvalue weighted by molar-refractivity contribution is 8.26. The maximum absolute atomic E-state index is 13.3. The molecule has 5 rings (SSSR count). The minimum Gasteiger partial charge on any atom is -0.296 e. The van der Waals surface area contributed by atoms with E-state index < -0.39 is 10.0 Å². The number of hydrogen-bond donors (Lipinski definition) is 0. The van der Waals surface area contributed by atoms with E-state index in [4.69, 9.17) is 17.3 Å². The van der Waals surface area contributed by atoms with E-state index in [1.54, 1.807) is 40.3 Å². The molecule has 2 saturated heterocycles. The van der Waals surface area contributed by atoms with Crippen LogP contribution in [0.15, 0.2) is 70.6 Å². The maximum Gasteiger partial charge on any atom is 0.265 e. The molecule has 0 aliphatic carbocycles. The van der Waals surface area contributed by atoms with Crippen LogP contribution in [0, 0.1) is 0 Å². The Morgan fingerprint density at radius 2 is 1.77 bits per heavy atom. The summed E-state index contributed by atoms with van der Waals surface area (Å²) in [5.41, 5.74) is 2.81. The van der Waals surface area contributed by atoms with Crippen molar-refractivity contribution in [3.8, 4) is 16.9 Å². The fourth-order valence-corrected chi connectivity index (χ4v) is 6.91. The van der Waals surface area contributed by atoms with E-state index in [0.29, 0.717) is 39.1 Å². The summed E-state index contributed by atoms with van der Waals surface area (Å²) < 4.78 is 30.4. The number of aromatic nitrogens is 2. The SMILES string of the molecule is CN1C(=O)/C(=C/c2cn(-c3ccccc3)nc2-c2cccc(S(=O)(=O)N3CCCCC3)c2)SC1=S. The first-order chi connectivity index (χ1) is 16.8. The van der Waals surface area contributed by atoms with Gasteiger partial charge < -0.3 is 0 Å². The van der Waals surface area contributed by atoms with Crippen LogP contribution < -0.4 is 0 Å². The summed E-state index contributed by atoms with van der Waals surface area (Å²) in [6.45, 7) is 1.08. The zero-order valence-corrected chi connectivity index (χ0v) is 21.6. The summed E-state index contributed by atoms with van der Waals surface area (Å²) in [6, 6.07) is 16.5. The number of thioether (sulfide) groups is 1. The third-order valence-electron chi connectivity index (χ3n) is 6.10. The first-order valence-corrected chi connectivity index (χ1v) is 14.0. The molecule has 0 atom stereocenters. The Bertz CT molecular complexity index is 1430. The van der Waals surface area contributed by atoms with Gasteiger partial charge in [-0.25, -0.2) is 13.1 Å². The Kier molecular flexibility index (Phi) is 6.63. The van der Waals surface area contributed by atoms with Crippen molar-refractivity contribution in [1.82, 2.24) is 19.0 Å². The van der Waals surface area contributed by atoms with Gasteiger partial charge in [-0.3, -0.25) is 9.69 Å². The van der Waals surface area contributed by atoms with Crippen LogP contribution in [0.25, 0.3) is 23.0 Å². The number of para-hydroxylation sites is 1. The van der Waals surface area contributed by atoms with Gasteiger partial charge in [0.2, 0.25) is 10.0 Å². The first-order valence-electron chi connectivity index (χ1n) is 11.3. The predicted octanol–water partition coefficient (Wildman–Crippen LogP) is 4.54. The number of nitrogens with zero attached hydrogens (tertiary/aromatic N) is 4. The van der Waals surface area contributed by atoms with Gasteiger partial charge in [0.05, 0.1) is 15.5 Å². The average Bonchev–Trinajstić information content (AvgIpc) is 3.42. The van der Waals surface area contributed by atoms with Gasteiger partial charge in [-0.2, -0.15) is 9.40 Å². The number of piperidine rings is 1. The minimum atomic E-state index is -3.60. The smallest absolute Gasteiger partial charge is 0.265 e. The third-order valence-corrected chi connectivity index (χ3v) is 9.48. The molecule has 0 N–H and O–H groups in total. The van der Waals surface area contributed by atoms with Crippen LogP contribution in [0.5, 0.6) is 0 Å². The lowest BCUT2D eigenvalue weighted by molar-refractivity contribution is -0.121. The number of sulfonamides is 1. The molecule has 0 bridgehead atoms. The van der Waals surface area contributed by atoms with E-state index in [9.17, 15) is 13.2 Å². The highest BCUT2D eigenvalue weighted by Crippen LogP contribution is 2.34. The zero-order chi connectivity index (χ0) is 24.6. The van der Waals surface area contributed by atoms with Gasteiger partial charge in [0.15, 0.2) is 0 Å². The lowest BCUT2D eigenvalue weighted by Gasteiger charge is -2.26. The molecule has 2 aliphatic rings. The van der Waals surface area contributed by atoms with E-state index in [1.807, 2.05) is 42.6 Å². The van der Waals surface area contributed by atoms with E-state index in [2.05, 4.69) is 0 Å². The molecule has 3 aromatic rings. The number of thiocarbonyl (C=S) groups is 1. The number of benzene rings is 2. The number of hydrogen-bond acceptors (Lipinski definition) is 6. The lowest BCUT2D eigenvalue weighted by Crippen LogP contribution is -2.35. The second-order valence-electron chi connectivity index (χ2n) is 8.45. The van der Waals surface area contributed by atoms with E-state index in [-0.39, 0.29) is 10.8 Å². The molecule has 0 unspecified atom stereocenters. The van der Waals surface area contributed by atoms with Gasteiger partial charge in [0.25, 0.3) is 5.91 Å². The normalized spacial score (nSPS) is 18.5. The fourth-order valence-electron chi connectivity index (χ4n) is 4.18. The second kappa shape index (κ2) is 9.69. The van der Waals surface area contributed by atoms with Crippen molar-refractivity contribution in [2.24, 2.45) is 0 Å². The molecule has 7 nitrogen and oxygen atoms in total. The number of likely N-dealkylation sites (N-methyl/N-ethyl adjacent to an activating group) is 1. The van der Waals surface area contributed by atoms with Crippen LogP contribution in [0.1, 0.15) is 24.8 Å². The average molecular weight is 525 g/mol. The molecule has 2 fully saturated rings. The van der Waals surface area contributed by atoms with Crippen molar-refractivity contribution >= 4 is 50.3 Å². The van der Waals surface area contributed by atoms with Crippen LogP contribution in [-0.2, 0) is 14.8 Å². The molecule has 1 amide bonds. The molecule has 3 heterocycles. The molecule has 0 spiro atoms. The standard InChI is InChI=1S/C25H24N4O3S3/c1-27-24(30)22(34-25(27)33)16-19-17-29(20-10-4-2-5-11-20)26-23(19)18-9-8-12-21(15-18)35(31,32)28-13-6-3-7-14-28/h2,4-5,8-12,15-17H,3,6-7,13-14H2,1H3/b22-16-. The van der Waals surface area contributed by atoms with Crippen LogP contribution >= 0.6 is 24.0 Å². The quantitative estimate of drug-likeness (QED) is 0.360. The van der Waals surface area contributed by atoms with Crippen LogP contribution in [0.2, 0.25) is 0 Å². The largest absolute Gasteiger partial charge is 0.296 e. The Labute approximate surface area is 214 Å². The van der Waals surface area contributed by atoms with E-state index in [0.717, 1.165) is 24.9 Å². The monoisotopic (exact) mass is 524 g/mol. The summed E-state index contributed by atoms with van der Waals surface area (Å²) >= 11 is 6.52. The Morgan fingerprint density at radius 1 is 1.03 bits per heavy atom. The highest BCUT2D eigenvalue weighted by atomic mass is 32.2. The number of rotatable bonds is 5. The summed E-state index contributed by atoms with van der Waals surface area (Å²) in [5, 5.41) is 4.79. The zero-order valence-electron chi connectivity index (χ0n) is 19.1. The Hall–Kier alpha value is -2.79. The summed E-state index contributed by atoms with van der Waals surface area (Å²) in [6.07, 6.45) is 6.42. The van der Waals surface area contributed by atoms with Crippen LogP contribution in [0.3, 0.4) is 0 Å². The van der Waals surface area contributed by atoms with Crippen LogP contribution in [-0.4, -0.2) is 57.8 Å². The van der Waals surface area contributed by atoms with Gasteiger partial charge >= 0.3 is 0 Å². The first kappa shape index (κ1) is 23.9. The van der Waals surface area contributed by atoms with Gasteiger partial charge in [0.1, 0.15) is 10.0 Å². The van der Waals surface area contributed by atoms with Crippen molar-refractivity contribution in [2.75, 3.05) is 20.1 Å². The molecule has 10 heteroatoms. The van der Waals surface area contributed by atoms with E-state index >= 15 is 0 Å². The lowest BCUT2D eigenvalue weighted by atomic mass is 10.1. The second-order valence-corrected chi connectivity index (χ2v) is 12.1. The molecule has 180 valence electrons. The summed E-state index contributed by atoms with van der Waals surface area (Å²) in [4.78, 5) is 14.8. The molecule has 2 aliphatic heterocycles. The van der Waals surface area contributed by atoms with Crippen molar-refractivity contribution in [1.29, 1.82) is 0 Å². The molecule has 0 saturated carbocycles. The van der Waals surface area contributed by atoms with Gasteiger partial charge in [0, 0.05) is 37.5 Å². The maximum atomic E-state index is 13.3. The molecular weight excluding hydrogens is 501 g/mol. The van der Waals surface area contributed by atoms with E-state index in [1.165, 1.54) is 16.7 Å². The Balaban J connectivity index is 1.60. The minimum absolute atomic E-state index is 0.167. The molecule has 35 heavy (non-hydrogen) atoms.